The molecule has 0 aliphatic carbocycles. The minimum Gasteiger partial charge on any atom is -0.265 e. The molecule has 0 aromatic carbocycles. The predicted octanol–water partition coefficient (Wildman–Crippen LogP) is 2.05. The minimum atomic E-state index is -0.435. The fourth-order valence-electron chi connectivity index (χ4n) is 0.723. The first-order valence-corrected chi connectivity index (χ1v) is 3.64. The Labute approximate surface area is 66.3 Å². The maximum absolute atomic E-state index is 3.88. The lowest BCUT2D eigenvalue weighted by Gasteiger charge is -1.98. The highest BCUT2D eigenvalue weighted by molar-refractivity contribution is 9.09. The molecule has 2 rings (SSSR count). The maximum Gasteiger partial charge on any atom is 0.269 e. The molecule has 0 unspecified atom stereocenters. The fourth-order valence-corrected chi connectivity index (χ4v) is 1.07. The summed E-state index contributed by atoms with van der Waals surface area (Å²) in [6, 6.07) is 3.77. The van der Waals surface area contributed by atoms with Gasteiger partial charge in [0.1, 0.15) is 0 Å². The monoisotopic (exact) mass is 197 g/mol. The van der Waals surface area contributed by atoms with E-state index in [4.69, 9.17) is 0 Å². The molecule has 0 spiro atoms. The normalized spacial score (nSPS) is 18.9. The van der Waals surface area contributed by atoms with Crippen LogP contribution < -0.4 is 0 Å². The van der Waals surface area contributed by atoms with Crippen molar-refractivity contribution in [2.24, 2.45) is 10.2 Å². The molecule has 0 fully saturated rings. The van der Waals surface area contributed by atoms with Crippen LogP contribution in [0.5, 0.6) is 0 Å². The maximum atomic E-state index is 3.88. The lowest BCUT2D eigenvalue weighted by Crippen LogP contribution is -1.95. The summed E-state index contributed by atoms with van der Waals surface area (Å²) in [6.07, 6.45) is 3.45. The van der Waals surface area contributed by atoms with Gasteiger partial charge in [-0.1, -0.05) is 0 Å². The van der Waals surface area contributed by atoms with Crippen molar-refractivity contribution >= 4 is 15.9 Å². The van der Waals surface area contributed by atoms with Gasteiger partial charge >= 0.3 is 0 Å². The summed E-state index contributed by atoms with van der Waals surface area (Å²) in [5.74, 6) is 0. The average Bonchev–Trinajstić information content (AvgIpc) is 2.72. The first-order chi connectivity index (χ1) is 4.81. The lowest BCUT2D eigenvalue weighted by atomic mass is 10.2. The van der Waals surface area contributed by atoms with E-state index in [1.807, 2.05) is 12.1 Å². The van der Waals surface area contributed by atoms with Crippen LogP contribution in [-0.4, -0.2) is 4.98 Å². The molecular formula is C6H4BrN3. The molecule has 0 radical (unpaired) electrons. The van der Waals surface area contributed by atoms with Gasteiger partial charge in [0.2, 0.25) is 0 Å². The Balaban J connectivity index is 2.36. The Morgan fingerprint density at radius 2 is 1.80 bits per heavy atom. The first kappa shape index (κ1) is 5.97. The zero-order valence-electron chi connectivity index (χ0n) is 5.03. The molecule has 2 heterocycles. The largest absolute Gasteiger partial charge is 0.269 e. The number of rotatable bonds is 1. The van der Waals surface area contributed by atoms with E-state index >= 15 is 0 Å². The summed E-state index contributed by atoms with van der Waals surface area (Å²) >= 11 is 3.34. The summed E-state index contributed by atoms with van der Waals surface area (Å²) in [5.41, 5.74) is 1.03. The quantitative estimate of drug-likeness (QED) is 0.502. The Bertz CT molecular complexity index is 264. The van der Waals surface area contributed by atoms with E-state index in [0.29, 0.717) is 0 Å². The number of hydrogen-bond donors (Lipinski definition) is 0. The van der Waals surface area contributed by atoms with Crippen molar-refractivity contribution in [3.05, 3.63) is 30.1 Å². The SMILES string of the molecule is BrC1(c2ccncc2)N=N1. The lowest BCUT2D eigenvalue weighted by molar-refractivity contribution is 0.975. The van der Waals surface area contributed by atoms with Crippen molar-refractivity contribution in [2.45, 2.75) is 4.57 Å². The number of halogens is 1. The molecule has 1 aliphatic rings. The van der Waals surface area contributed by atoms with Crippen LogP contribution in [0.25, 0.3) is 0 Å². The number of aromatic nitrogens is 1. The zero-order chi connectivity index (χ0) is 7.03. The third-order valence-corrected chi connectivity index (χ3v) is 2.10. The molecule has 1 aromatic heterocycles. The molecule has 1 aromatic rings. The second-order valence-electron chi connectivity index (χ2n) is 2.02. The van der Waals surface area contributed by atoms with Gasteiger partial charge in [-0.2, -0.15) is 0 Å². The van der Waals surface area contributed by atoms with Crippen LogP contribution in [0.4, 0.5) is 0 Å². The van der Waals surface area contributed by atoms with Gasteiger partial charge < -0.3 is 0 Å². The van der Waals surface area contributed by atoms with Gasteiger partial charge in [-0.3, -0.25) is 4.98 Å². The second-order valence-corrected chi connectivity index (χ2v) is 3.13. The minimum absolute atomic E-state index is 0.435. The van der Waals surface area contributed by atoms with Crippen LogP contribution in [-0.2, 0) is 4.57 Å². The molecule has 4 heteroatoms. The Hall–Kier alpha value is -0.770. The summed E-state index contributed by atoms with van der Waals surface area (Å²) in [5, 5.41) is 7.64. The number of hydrogen-bond acceptors (Lipinski definition) is 3. The molecule has 0 saturated carbocycles. The molecule has 0 bridgehead atoms. The highest BCUT2D eigenvalue weighted by Gasteiger charge is 2.38. The van der Waals surface area contributed by atoms with Crippen LogP contribution in [0.3, 0.4) is 0 Å². The summed E-state index contributed by atoms with van der Waals surface area (Å²) < 4.78 is -0.435. The van der Waals surface area contributed by atoms with E-state index in [2.05, 4.69) is 31.1 Å². The third-order valence-electron chi connectivity index (χ3n) is 1.32. The van der Waals surface area contributed by atoms with Crippen molar-refractivity contribution in [3.63, 3.8) is 0 Å². The van der Waals surface area contributed by atoms with Crippen LogP contribution >= 0.6 is 15.9 Å². The van der Waals surface area contributed by atoms with Crippen molar-refractivity contribution < 1.29 is 0 Å². The van der Waals surface area contributed by atoms with Crippen LogP contribution in [0, 0.1) is 0 Å². The standard InChI is InChI=1S/C6H4BrN3/c7-6(9-10-6)5-1-3-8-4-2-5/h1-4H. The van der Waals surface area contributed by atoms with Gasteiger partial charge in [0, 0.05) is 18.0 Å². The Morgan fingerprint density at radius 3 is 2.30 bits per heavy atom. The van der Waals surface area contributed by atoms with Crippen molar-refractivity contribution in [2.75, 3.05) is 0 Å². The molecule has 0 N–H and O–H groups in total. The summed E-state index contributed by atoms with van der Waals surface area (Å²) in [6.45, 7) is 0. The number of alkyl halides is 1. The van der Waals surface area contributed by atoms with Gasteiger partial charge in [0.15, 0.2) is 0 Å². The number of nitrogens with zero attached hydrogens (tertiary/aromatic N) is 3. The molecule has 10 heavy (non-hydrogen) atoms. The molecule has 3 nitrogen and oxygen atoms in total. The van der Waals surface area contributed by atoms with E-state index in [1.54, 1.807) is 12.4 Å². The fraction of sp³-hybridized carbons (Fsp3) is 0.167. The van der Waals surface area contributed by atoms with Gasteiger partial charge in [0.25, 0.3) is 4.57 Å². The van der Waals surface area contributed by atoms with Gasteiger partial charge in [-0.05, 0) is 28.1 Å². The van der Waals surface area contributed by atoms with E-state index in [-0.39, 0.29) is 0 Å². The predicted molar refractivity (Wildman–Crippen MR) is 39.7 cm³/mol. The topological polar surface area (TPSA) is 37.6 Å². The van der Waals surface area contributed by atoms with Crippen LogP contribution in [0.15, 0.2) is 34.8 Å². The van der Waals surface area contributed by atoms with Crippen LogP contribution in [0.2, 0.25) is 0 Å². The highest BCUT2D eigenvalue weighted by Crippen LogP contribution is 2.44. The molecule has 0 amide bonds. The van der Waals surface area contributed by atoms with E-state index in [0.717, 1.165) is 5.56 Å². The van der Waals surface area contributed by atoms with E-state index < -0.39 is 4.57 Å². The summed E-state index contributed by atoms with van der Waals surface area (Å²) in [4.78, 5) is 3.88. The van der Waals surface area contributed by atoms with E-state index in [9.17, 15) is 0 Å². The Morgan fingerprint density at radius 1 is 1.20 bits per heavy atom. The van der Waals surface area contributed by atoms with Gasteiger partial charge in [-0.25, -0.2) is 0 Å². The van der Waals surface area contributed by atoms with E-state index in [1.165, 1.54) is 0 Å². The first-order valence-electron chi connectivity index (χ1n) is 2.85. The van der Waals surface area contributed by atoms with Crippen molar-refractivity contribution in [1.82, 2.24) is 4.98 Å². The Kier molecular flexibility index (Phi) is 1.11. The van der Waals surface area contributed by atoms with Crippen LogP contribution in [0.1, 0.15) is 5.56 Å². The second kappa shape index (κ2) is 1.85. The third kappa shape index (κ3) is 0.844. The van der Waals surface area contributed by atoms with Crippen molar-refractivity contribution in [1.29, 1.82) is 0 Å². The molecule has 50 valence electrons. The van der Waals surface area contributed by atoms with Gasteiger partial charge in [-0.15, -0.1) is 10.2 Å². The molecule has 0 saturated heterocycles. The molecular weight excluding hydrogens is 194 g/mol. The zero-order valence-corrected chi connectivity index (χ0v) is 6.62. The highest BCUT2D eigenvalue weighted by atomic mass is 79.9. The average molecular weight is 198 g/mol. The number of pyridine rings is 1. The van der Waals surface area contributed by atoms with Crippen molar-refractivity contribution in [3.8, 4) is 0 Å². The summed E-state index contributed by atoms with van der Waals surface area (Å²) in [7, 11) is 0. The smallest absolute Gasteiger partial charge is 0.265 e. The molecule has 1 aliphatic heterocycles. The van der Waals surface area contributed by atoms with Gasteiger partial charge in [0.05, 0.1) is 0 Å². The molecule has 0 atom stereocenters.